The summed E-state index contributed by atoms with van der Waals surface area (Å²) in [7, 11) is 0. The second kappa shape index (κ2) is 4.63. The topological polar surface area (TPSA) is 28.2 Å². The Bertz CT molecular complexity index is 331. The Morgan fingerprint density at radius 3 is 2.75 bits per heavy atom. The van der Waals surface area contributed by atoms with Gasteiger partial charge in [-0.1, -0.05) is 6.07 Å². The van der Waals surface area contributed by atoms with E-state index in [0.29, 0.717) is 6.04 Å². The van der Waals surface area contributed by atoms with Crippen LogP contribution in [0, 0.1) is 0 Å². The number of pyridine rings is 1. The van der Waals surface area contributed by atoms with Crippen LogP contribution in [0.1, 0.15) is 12.8 Å². The number of anilines is 1. The Morgan fingerprint density at radius 1 is 1.31 bits per heavy atom. The lowest BCUT2D eigenvalue weighted by Crippen LogP contribution is -2.40. The van der Waals surface area contributed by atoms with Gasteiger partial charge in [-0.05, 0) is 25.0 Å². The summed E-state index contributed by atoms with van der Waals surface area (Å²) in [6, 6.07) is 6.64. The van der Waals surface area contributed by atoms with Gasteiger partial charge in [-0.3, -0.25) is 4.90 Å². The van der Waals surface area contributed by atoms with Gasteiger partial charge in [0.1, 0.15) is 5.82 Å². The highest BCUT2D eigenvalue weighted by atomic mass is 32.2. The molecule has 0 aliphatic carbocycles. The zero-order chi connectivity index (χ0) is 10.8. The van der Waals surface area contributed by atoms with Crippen LogP contribution in [0.4, 0.5) is 5.82 Å². The first-order valence-electron chi connectivity index (χ1n) is 5.95. The quantitative estimate of drug-likeness (QED) is 0.811. The summed E-state index contributed by atoms with van der Waals surface area (Å²) < 4.78 is 0. The van der Waals surface area contributed by atoms with Gasteiger partial charge in [-0.15, -0.1) is 11.8 Å². The highest BCUT2D eigenvalue weighted by molar-refractivity contribution is 8.06. The normalized spacial score (nSPS) is 26.6. The number of nitrogens with zero attached hydrogens (tertiary/aromatic N) is 2. The number of thioether (sulfide) groups is 1. The van der Waals surface area contributed by atoms with Crippen LogP contribution in [0.25, 0.3) is 0 Å². The van der Waals surface area contributed by atoms with E-state index in [2.05, 4.69) is 27.0 Å². The smallest absolute Gasteiger partial charge is 0.126 e. The third-order valence-corrected chi connectivity index (χ3v) is 4.20. The average molecular weight is 235 g/mol. The lowest BCUT2D eigenvalue weighted by molar-refractivity contribution is 0.226. The van der Waals surface area contributed by atoms with Gasteiger partial charge in [0.2, 0.25) is 0 Å². The van der Waals surface area contributed by atoms with Crippen LogP contribution in [0.3, 0.4) is 0 Å². The van der Waals surface area contributed by atoms with Crippen molar-refractivity contribution in [1.29, 1.82) is 0 Å². The molecular weight excluding hydrogens is 218 g/mol. The SMILES string of the molecule is c1ccc(NC2CCN(C3CS3)CC2)nc1. The van der Waals surface area contributed by atoms with E-state index in [9.17, 15) is 0 Å². The summed E-state index contributed by atoms with van der Waals surface area (Å²) >= 11 is 2.07. The van der Waals surface area contributed by atoms with E-state index in [-0.39, 0.29) is 0 Å². The molecule has 0 aromatic carbocycles. The molecule has 2 saturated heterocycles. The molecule has 2 aliphatic heterocycles. The Labute approximate surface area is 101 Å². The van der Waals surface area contributed by atoms with Crippen LogP contribution in [0.15, 0.2) is 24.4 Å². The van der Waals surface area contributed by atoms with Crippen LogP contribution in [-0.2, 0) is 0 Å². The van der Waals surface area contributed by atoms with Gasteiger partial charge in [0.15, 0.2) is 0 Å². The van der Waals surface area contributed by atoms with Gasteiger partial charge >= 0.3 is 0 Å². The molecule has 16 heavy (non-hydrogen) atoms. The third kappa shape index (κ3) is 2.50. The number of aromatic nitrogens is 1. The molecule has 1 aromatic heterocycles. The third-order valence-electron chi connectivity index (χ3n) is 3.27. The largest absolute Gasteiger partial charge is 0.367 e. The Hall–Kier alpha value is -0.740. The lowest BCUT2D eigenvalue weighted by Gasteiger charge is -2.32. The summed E-state index contributed by atoms with van der Waals surface area (Å²) in [6.45, 7) is 2.48. The summed E-state index contributed by atoms with van der Waals surface area (Å²) in [5.74, 6) is 2.36. The minimum atomic E-state index is 0.606. The average Bonchev–Trinajstić information content (AvgIpc) is 3.15. The van der Waals surface area contributed by atoms with E-state index >= 15 is 0 Å². The molecule has 3 nitrogen and oxygen atoms in total. The molecular formula is C12H17N3S. The van der Waals surface area contributed by atoms with Crippen molar-refractivity contribution >= 4 is 17.6 Å². The Kier molecular flexibility index (Phi) is 3.02. The summed E-state index contributed by atoms with van der Waals surface area (Å²) in [4.78, 5) is 6.92. The zero-order valence-electron chi connectivity index (χ0n) is 9.30. The molecule has 86 valence electrons. The van der Waals surface area contributed by atoms with E-state index < -0.39 is 0 Å². The number of likely N-dealkylation sites (tertiary alicyclic amines) is 1. The van der Waals surface area contributed by atoms with E-state index in [1.54, 1.807) is 0 Å². The predicted molar refractivity (Wildman–Crippen MR) is 68.7 cm³/mol. The lowest BCUT2D eigenvalue weighted by atomic mass is 10.1. The summed E-state index contributed by atoms with van der Waals surface area (Å²) in [6.07, 6.45) is 4.33. The molecule has 4 heteroatoms. The minimum Gasteiger partial charge on any atom is -0.367 e. The standard InChI is InChI=1S/C12H17N3S/c1-2-6-13-11(3-1)14-10-4-7-15(8-5-10)12-9-16-12/h1-3,6,10,12H,4-5,7-9H2,(H,13,14). The van der Waals surface area contributed by atoms with Crippen LogP contribution in [-0.4, -0.2) is 40.1 Å². The first-order chi connectivity index (χ1) is 7.92. The van der Waals surface area contributed by atoms with E-state index in [0.717, 1.165) is 11.2 Å². The fourth-order valence-electron chi connectivity index (χ4n) is 2.24. The Morgan fingerprint density at radius 2 is 2.12 bits per heavy atom. The molecule has 0 radical (unpaired) electrons. The van der Waals surface area contributed by atoms with Crippen molar-refractivity contribution < 1.29 is 0 Å². The fraction of sp³-hybridized carbons (Fsp3) is 0.583. The van der Waals surface area contributed by atoms with E-state index in [4.69, 9.17) is 0 Å². The highest BCUT2D eigenvalue weighted by Crippen LogP contribution is 2.35. The Balaban J connectivity index is 1.50. The molecule has 0 bridgehead atoms. The van der Waals surface area contributed by atoms with Gasteiger partial charge in [-0.2, -0.15) is 0 Å². The van der Waals surface area contributed by atoms with Gasteiger partial charge < -0.3 is 5.32 Å². The highest BCUT2D eigenvalue weighted by Gasteiger charge is 2.32. The summed E-state index contributed by atoms with van der Waals surface area (Å²) in [5.41, 5.74) is 0. The van der Waals surface area contributed by atoms with Crippen molar-refractivity contribution in [3.8, 4) is 0 Å². The molecule has 0 saturated carbocycles. The van der Waals surface area contributed by atoms with Crippen molar-refractivity contribution in [1.82, 2.24) is 9.88 Å². The monoisotopic (exact) mass is 235 g/mol. The van der Waals surface area contributed by atoms with Crippen molar-refractivity contribution in [2.45, 2.75) is 24.3 Å². The molecule has 1 atom stereocenters. The van der Waals surface area contributed by atoms with Crippen LogP contribution < -0.4 is 5.32 Å². The molecule has 2 aliphatic rings. The number of piperidine rings is 1. The van der Waals surface area contributed by atoms with Gasteiger partial charge in [0.25, 0.3) is 0 Å². The van der Waals surface area contributed by atoms with Crippen LogP contribution in [0.5, 0.6) is 0 Å². The van der Waals surface area contributed by atoms with Gasteiger partial charge in [-0.25, -0.2) is 4.98 Å². The molecule has 1 aromatic rings. The first-order valence-corrected chi connectivity index (χ1v) is 7.00. The van der Waals surface area contributed by atoms with Crippen molar-refractivity contribution in [2.75, 3.05) is 24.2 Å². The maximum atomic E-state index is 4.31. The second-order valence-corrected chi connectivity index (χ2v) is 5.67. The van der Waals surface area contributed by atoms with Gasteiger partial charge in [0, 0.05) is 31.1 Å². The molecule has 0 amide bonds. The zero-order valence-corrected chi connectivity index (χ0v) is 10.1. The molecule has 1 N–H and O–H groups in total. The van der Waals surface area contributed by atoms with E-state index in [1.807, 2.05) is 24.4 Å². The van der Waals surface area contributed by atoms with Crippen molar-refractivity contribution in [3.63, 3.8) is 0 Å². The molecule has 1 unspecified atom stereocenters. The molecule has 3 heterocycles. The predicted octanol–water partition coefficient (Wildman–Crippen LogP) is 2.03. The number of hydrogen-bond donors (Lipinski definition) is 1. The fourth-order valence-corrected chi connectivity index (χ4v) is 2.96. The van der Waals surface area contributed by atoms with Crippen LogP contribution >= 0.6 is 11.8 Å². The van der Waals surface area contributed by atoms with Crippen molar-refractivity contribution in [2.24, 2.45) is 0 Å². The van der Waals surface area contributed by atoms with Gasteiger partial charge in [0.05, 0.1) is 5.37 Å². The molecule has 0 spiro atoms. The molecule has 3 rings (SSSR count). The second-order valence-electron chi connectivity index (χ2n) is 4.46. The van der Waals surface area contributed by atoms with Crippen molar-refractivity contribution in [3.05, 3.63) is 24.4 Å². The first kappa shape index (κ1) is 10.4. The molecule has 2 fully saturated rings. The maximum Gasteiger partial charge on any atom is 0.126 e. The number of hydrogen-bond acceptors (Lipinski definition) is 4. The number of rotatable bonds is 3. The minimum absolute atomic E-state index is 0.606. The van der Waals surface area contributed by atoms with E-state index in [1.165, 1.54) is 31.7 Å². The maximum absolute atomic E-state index is 4.31. The summed E-state index contributed by atoms with van der Waals surface area (Å²) in [5, 5.41) is 4.36. The van der Waals surface area contributed by atoms with Crippen LogP contribution in [0.2, 0.25) is 0 Å². The number of nitrogens with one attached hydrogen (secondary N) is 1.